The molecule has 1 aromatic carbocycles. The third-order valence-electron chi connectivity index (χ3n) is 2.64. The van der Waals surface area contributed by atoms with Crippen molar-refractivity contribution in [2.75, 3.05) is 26.1 Å². The number of ether oxygens (including phenoxy) is 3. The second-order valence-electron chi connectivity index (χ2n) is 4.10. The molecule has 0 atom stereocenters. The van der Waals surface area contributed by atoms with Gasteiger partial charge in [0.1, 0.15) is 12.4 Å². The number of rotatable bonds is 7. The Bertz CT molecular complexity index is 575. The highest BCUT2D eigenvalue weighted by Crippen LogP contribution is 2.15. The first-order chi connectivity index (χ1) is 10.2. The van der Waals surface area contributed by atoms with E-state index in [1.54, 1.807) is 7.11 Å². The number of benzene rings is 1. The summed E-state index contributed by atoms with van der Waals surface area (Å²) in [5.41, 5.74) is 0.986. The Morgan fingerprint density at radius 3 is 2.29 bits per heavy atom. The Balaban J connectivity index is 2.05. The molecule has 0 aliphatic heterocycles. The van der Waals surface area contributed by atoms with Crippen molar-refractivity contribution in [1.29, 1.82) is 0 Å². The van der Waals surface area contributed by atoms with Crippen LogP contribution in [0, 0.1) is 0 Å². The van der Waals surface area contributed by atoms with Gasteiger partial charge in [-0.05, 0) is 24.6 Å². The molecular formula is C14H18N4O3. The van der Waals surface area contributed by atoms with Gasteiger partial charge in [-0.25, -0.2) is 0 Å². The maximum absolute atomic E-state index is 5.57. The molecule has 1 aromatic heterocycles. The maximum atomic E-state index is 5.57. The average molecular weight is 290 g/mol. The zero-order valence-electron chi connectivity index (χ0n) is 12.3. The van der Waals surface area contributed by atoms with Crippen LogP contribution in [0.3, 0.4) is 0 Å². The number of methoxy groups -OCH3 is 2. The second-order valence-corrected chi connectivity index (χ2v) is 4.10. The van der Waals surface area contributed by atoms with Crippen LogP contribution in [0.25, 0.3) is 0 Å². The summed E-state index contributed by atoms with van der Waals surface area (Å²) in [6.07, 6.45) is 0. The molecule has 0 amide bonds. The van der Waals surface area contributed by atoms with Crippen molar-refractivity contribution in [3.05, 3.63) is 29.8 Å². The topological polar surface area (TPSA) is 78.4 Å². The van der Waals surface area contributed by atoms with Crippen molar-refractivity contribution < 1.29 is 14.2 Å². The minimum absolute atomic E-state index is 0.214. The minimum Gasteiger partial charge on any atom is -0.497 e. The molecular weight excluding hydrogens is 272 g/mol. The van der Waals surface area contributed by atoms with Crippen LogP contribution < -0.4 is 19.5 Å². The molecule has 0 aliphatic rings. The van der Waals surface area contributed by atoms with Gasteiger partial charge in [-0.2, -0.15) is 9.97 Å². The summed E-state index contributed by atoms with van der Waals surface area (Å²) in [6.45, 7) is 3.00. The predicted octanol–water partition coefficient (Wildman–Crippen LogP) is 1.90. The third kappa shape index (κ3) is 4.20. The molecule has 0 radical (unpaired) electrons. The van der Waals surface area contributed by atoms with E-state index in [-0.39, 0.29) is 12.0 Å². The molecule has 0 spiro atoms. The number of aromatic nitrogens is 3. The van der Waals surface area contributed by atoms with Crippen LogP contribution in [0.2, 0.25) is 0 Å². The molecule has 1 heterocycles. The average Bonchev–Trinajstić information content (AvgIpc) is 2.53. The first-order valence-electron chi connectivity index (χ1n) is 6.54. The lowest BCUT2D eigenvalue weighted by molar-refractivity contribution is 0.271. The predicted molar refractivity (Wildman–Crippen MR) is 77.9 cm³/mol. The van der Waals surface area contributed by atoms with Gasteiger partial charge in [0, 0.05) is 6.54 Å². The van der Waals surface area contributed by atoms with E-state index in [2.05, 4.69) is 20.3 Å². The van der Waals surface area contributed by atoms with Gasteiger partial charge in [0.15, 0.2) is 0 Å². The van der Waals surface area contributed by atoms with Crippen LogP contribution in [-0.4, -0.2) is 35.7 Å². The molecule has 1 N–H and O–H groups in total. The Hall–Kier alpha value is -2.57. The summed E-state index contributed by atoms with van der Waals surface area (Å²) < 4.78 is 15.7. The quantitative estimate of drug-likeness (QED) is 0.834. The van der Waals surface area contributed by atoms with E-state index < -0.39 is 0 Å². The van der Waals surface area contributed by atoms with Gasteiger partial charge in [-0.1, -0.05) is 12.1 Å². The highest BCUT2D eigenvalue weighted by atomic mass is 16.5. The first kappa shape index (κ1) is 14.8. The van der Waals surface area contributed by atoms with Crippen LogP contribution in [0.15, 0.2) is 24.3 Å². The lowest BCUT2D eigenvalue weighted by Crippen LogP contribution is -2.08. The van der Waals surface area contributed by atoms with Crippen LogP contribution in [0.4, 0.5) is 5.95 Å². The van der Waals surface area contributed by atoms with Crippen LogP contribution in [0.1, 0.15) is 12.5 Å². The smallest absolute Gasteiger partial charge is 0.324 e. The summed E-state index contributed by atoms with van der Waals surface area (Å²) in [5, 5.41) is 3.00. The first-order valence-corrected chi connectivity index (χ1v) is 6.54. The number of nitrogens with one attached hydrogen (secondary N) is 1. The zero-order chi connectivity index (χ0) is 15.1. The molecule has 7 nitrogen and oxygen atoms in total. The Morgan fingerprint density at radius 1 is 0.952 bits per heavy atom. The van der Waals surface area contributed by atoms with Gasteiger partial charge in [0.2, 0.25) is 5.95 Å². The van der Waals surface area contributed by atoms with Gasteiger partial charge < -0.3 is 19.5 Å². The highest BCUT2D eigenvalue weighted by Gasteiger charge is 2.07. The van der Waals surface area contributed by atoms with Crippen molar-refractivity contribution in [3.8, 4) is 17.8 Å². The van der Waals surface area contributed by atoms with Crippen LogP contribution in [0.5, 0.6) is 17.8 Å². The summed E-state index contributed by atoms with van der Waals surface area (Å²) in [6, 6.07) is 8.01. The monoisotopic (exact) mass is 290 g/mol. The summed E-state index contributed by atoms with van der Waals surface area (Å²) in [4.78, 5) is 12.3. The van der Waals surface area contributed by atoms with E-state index in [1.165, 1.54) is 7.11 Å². The van der Waals surface area contributed by atoms with E-state index in [0.717, 1.165) is 11.3 Å². The van der Waals surface area contributed by atoms with Crippen molar-refractivity contribution in [3.63, 3.8) is 0 Å². The van der Waals surface area contributed by atoms with Crippen LogP contribution in [-0.2, 0) is 6.61 Å². The summed E-state index contributed by atoms with van der Waals surface area (Å²) in [5.74, 6) is 1.23. The fourth-order valence-electron chi connectivity index (χ4n) is 1.60. The minimum atomic E-state index is 0.214. The van der Waals surface area contributed by atoms with Crippen molar-refractivity contribution in [2.45, 2.75) is 13.5 Å². The van der Waals surface area contributed by atoms with E-state index in [0.29, 0.717) is 19.1 Å². The van der Waals surface area contributed by atoms with Crippen molar-refractivity contribution in [1.82, 2.24) is 15.0 Å². The van der Waals surface area contributed by atoms with Crippen LogP contribution >= 0.6 is 0 Å². The van der Waals surface area contributed by atoms with Crippen molar-refractivity contribution in [2.24, 2.45) is 0 Å². The summed E-state index contributed by atoms with van der Waals surface area (Å²) in [7, 11) is 3.13. The van der Waals surface area contributed by atoms with E-state index >= 15 is 0 Å². The number of hydrogen-bond acceptors (Lipinski definition) is 7. The molecule has 0 fully saturated rings. The lowest BCUT2D eigenvalue weighted by atomic mass is 10.2. The van der Waals surface area contributed by atoms with E-state index in [4.69, 9.17) is 14.2 Å². The van der Waals surface area contributed by atoms with Gasteiger partial charge in [-0.15, -0.1) is 4.98 Å². The maximum Gasteiger partial charge on any atom is 0.324 e. The molecule has 0 saturated heterocycles. The summed E-state index contributed by atoms with van der Waals surface area (Å²) >= 11 is 0. The molecule has 2 rings (SSSR count). The number of nitrogens with zero attached hydrogens (tertiary/aromatic N) is 3. The molecule has 112 valence electrons. The fourth-order valence-corrected chi connectivity index (χ4v) is 1.60. The third-order valence-corrected chi connectivity index (χ3v) is 2.64. The lowest BCUT2D eigenvalue weighted by Gasteiger charge is -2.08. The van der Waals surface area contributed by atoms with Gasteiger partial charge in [-0.3, -0.25) is 0 Å². The van der Waals surface area contributed by atoms with Gasteiger partial charge in [0.25, 0.3) is 0 Å². The highest BCUT2D eigenvalue weighted by molar-refractivity contribution is 5.28. The van der Waals surface area contributed by atoms with Gasteiger partial charge >= 0.3 is 12.0 Å². The second kappa shape index (κ2) is 7.28. The van der Waals surface area contributed by atoms with Gasteiger partial charge in [0.05, 0.1) is 14.2 Å². The van der Waals surface area contributed by atoms with Crippen molar-refractivity contribution >= 4 is 5.95 Å². The molecule has 7 heteroatoms. The molecule has 0 bridgehead atoms. The molecule has 2 aromatic rings. The molecule has 0 unspecified atom stereocenters. The van der Waals surface area contributed by atoms with E-state index in [1.807, 2.05) is 31.2 Å². The molecule has 0 aliphatic carbocycles. The Kier molecular flexibility index (Phi) is 5.14. The normalized spacial score (nSPS) is 10.0. The standard InChI is InChI=1S/C14H18N4O3/c1-4-15-12-16-13(20-3)18-14(17-12)21-9-10-5-7-11(19-2)8-6-10/h5-8H,4,9H2,1-3H3,(H,15,16,17,18). The van der Waals surface area contributed by atoms with E-state index in [9.17, 15) is 0 Å². The Morgan fingerprint density at radius 2 is 1.67 bits per heavy atom. The number of hydrogen-bond donors (Lipinski definition) is 1. The SMILES string of the molecule is CCNc1nc(OC)nc(OCc2ccc(OC)cc2)n1. The zero-order valence-corrected chi connectivity index (χ0v) is 12.3. The molecule has 21 heavy (non-hydrogen) atoms. The Labute approximate surface area is 123 Å². The number of anilines is 1. The molecule has 0 saturated carbocycles. The fraction of sp³-hybridized carbons (Fsp3) is 0.357. The largest absolute Gasteiger partial charge is 0.497 e.